The molecule has 1 aromatic heterocycles. The lowest BCUT2D eigenvalue weighted by Crippen LogP contribution is -2.48. The van der Waals surface area contributed by atoms with Crippen molar-refractivity contribution in [3.8, 4) is 0 Å². The highest BCUT2D eigenvalue weighted by Crippen LogP contribution is 2.36. The van der Waals surface area contributed by atoms with Gasteiger partial charge in [-0.1, -0.05) is 18.2 Å². The number of aromatic nitrogens is 2. The summed E-state index contributed by atoms with van der Waals surface area (Å²) in [4.78, 5) is 14.5. The van der Waals surface area contributed by atoms with E-state index in [9.17, 15) is 18.0 Å². The first-order chi connectivity index (χ1) is 13.9. The quantitative estimate of drug-likeness (QED) is 0.840. The van der Waals surface area contributed by atoms with Crippen LogP contribution in [0, 0.1) is 18.7 Å². The number of nitrogens with one attached hydrogen (secondary N) is 1. The Balaban J connectivity index is 1.46. The molecule has 4 rings (SSSR count). The zero-order valence-electron chi connectivity index (χ0n) is 16.3. The van der Waals surface area contributed by atoms with Gasteiger partial charge in [0.15, 0.2) is 0 Å². The largest absolute Gasteiger partial charge is 0.367 e. The number of halogens is 3. The second kappa shape index (κ2) is 8.08. The van der Waals surface area contributed by atoms with E-state index in [4.69, 9.17) is 0 Å². The molecule has 0 spiro atoms. The van der Waals surface area contributed by atoms with E-state index >= 15 is 0 Å². The summed E-state index contributed by atoms with van der Waals surface area (Å²) >= 11 is 0. The molecule has 0 radical (unpaired) electrons. The fraction of sp³-hybridized carbons (Fsp3) is 0.524. The SMILES string of the molecule is Cc1cc2n(n1)[C@@H](C(F)F)C[C@@H](C1CCCN(C(=O)Cc3ccccc3F)C1)N2. The van der Waals surface area contributed by atoms with E-state index in [-0.39, 0.29) is 36.5 Å². The molecule has 3 heterocycles. The van der Waals surface area contributed by atoms with Gasteiger partial charge in [0.1, 0.15) is 17.7 Å². The summed E-state index contributed by atoms with van der Waals surface area (Å²) in [6.07, 6.45) is -0.539. The summed E-state index contributed by atoms with van der Waals surface area (Å²) in [5, 5.41) is 7.57. The van der Waals surface area contributed by atoms with Gasteiger partial charge in [-0.2, -0.15) is 5.10 Å². The first-order valence-electron chi connectivity index (χ1n) is 10.0. The highest BCUT2D eigenvalue weighted by atomic mass is 19.3. The molecule has 0 bridgehead atoms. The van der Waals surface area contributed by atoms with Crippen LogP contribution < -0.4 is 5.32 Å². The minimum Gasteiger partial charge on any atom is -0.367 e. The minimum atomic E-state index is -2.50. The molecule has 2 aliphatic heterocycles. The Morgan fingerprint density at radius 1 is 1.34 bits per heavy atom. The number of nitrogens with zero attached hydrogens (tertiary/aromatic N) is 3. The van der Waals surface area contributed by atoms with Crippen molar-refractivity contribution in [2.75, 3.05) is 18.4 Å². The third-order valence-electron chi connectivity index (χ3n) is 5.97. The summed E-state index contributed by atoms with van der Waals surface area (Å²) < 4.78 is 42.6. The van der Waals surface area contributed by atoms with E-state index in [1.54, 1.807) is 36.1 Å². The number of carbonyl (C=O) groups is 1. The average molecular weight is 406 g/mol. The Hall–Kier alpha value is -2.51. The highest BCUT2D eigenvalue weighted by Gasteiger charge is 2.38. The van der Waals surface area contributed by atoms with Gasteiger partial charge in [0, 0.05) is 25.2 Å². The van der Waals surface area contributed by atoms with Crippen LogP contribution in [-0.4, -0.2) is 46.1 Å². The molecule has 0 aliphatic carbocycles. The number of hydrogen-bond donors (Lipinski definition) is 1. The summed E-state index contributed by atoms with van der Waals surface area (Å²) in [6.45, 7) is 2.90. The Labute approximate surface area is 167 Å². The molecule has 0 saturated carbocycles. The molecule has 1 aromatic carbocycles. The second-order valence-electron chi connectivity index (χ2n) is 8.01. The number of anilines is 1. The number of piperidine rings is 1. The van der Waals surface area contributed by atoms with Crippen molar-refractivity contribution >= 4 is 11.7 Å². The first-order valence-corrected chi connectivity index (χ1v) is 10.0. The maximum absolute atomic E-state index is 13.9. The van der Waals surface area contributed by atoms with Crippen molar-refractivity contribution in [3.63, 3.8) is 0 Å². The van der Waals surface area contributed by atoms with E-state index in [0.717, 1.165) is 12.8 Å². The van der Waals surface area contributed by atoms with Gasteiger partial charge in [-0.05, 0) is 43.7 Å². The minimum absolute atomic E-state index is 0.0170. The molecule has 1 amide bonds. The van der Waals surface area contributed by atoms with Crippen LogP contribution in [-0.2, 0) is 11.2 Å². The molecule has 1 saturated heterocycles. The monoisotopic (exact) mass is 406 g/mol. The molecule has 3 atom stereocenters. The van der Waals surface area contributed by atoms with Gasteiger partial charge in [0.25, 0.3) is 6.43 Å². The van der Waals surface area contributed by atoms with Crippen molar-refractivity contribution in [3.05, 3.63) is 47.4 Å². The number of aryl methyl sites for hydroxylation is 1. The van der Waals surface area contributed by atoms with E-state index in [0.29, 0.717) is 30.2 Å². The zero-order chi connectivity index (χ0) is 20.5. The molecule has 5 nitrogen and oxygen atoms in total. The lowest BCUT2D eigenvalue weighted by atomic mass is 9.85. The van der Waals surface area contributed by atoms with Crippen molar-refractivity contribution < 1.29 is 18.0 Å². The van der Waals surface area contributed by atoms with Crippen molar-refractivity contribution in [1.29, 1.82) is 0 Å². The van der Waals surface area contributed by atoms with E-state index in [2.05, 4.69) is 10.4 Å². The number of rotatable bonds is 4. The predicted octanol–water partition coefficient (Wildman–Crippen LogP) is 3.80. The molecule has 1 N–H and O–H groups in total. The van der Waals surface area contributed by atoms with Crippen LogP contribution in [0.2, 0.25) is 0 Å². The molecular formula is C21H25F3N4O. The summed E-state index contributed by atoms with van der Waals surface area (Å²) in [5.74, 6) is 0.172. The average Bonchev–Trinajstić information content (AvgIpc) is 3.08. The van der Waals surface area contributed by atoms with Crippen LogP contribution >= 0.6 is 0 Å². The van der Waals surface area contributed by atoms with E-state index in [1.165, 1.54) is 10.7 Å². The summed E-state index contributed by atoms with van der Waals surface area (Å²) in [5.41, 5.74) is 1.08. The van der Waals surface area contributed by atoms with Crippen molar-refractivity contribution in [2.45, 2.75) is 51.1 Å². The second-order valence-corrected chi connectivity index (χ2v) is 8.01. The third kappa shape index (κ3) is 4.11. The lowest BCUT2D eigenvalue weighted by molar-refractivity contribution is -0.132. The number of fused-ring (bicyclic) bond motifs is 1. The maximum Gasteiger partial charge on any atom is 0.260 e. The Bertz CT molecular complexity index is 885. The van der Waals surface area contributed by atoms with Gasteiger partial charge < -0.3 is 10.2 Å². The number of alkyl halides is 2. The van der Waals surface area contributed by atoms with Gasteiger partial charge in [0.05, 0.1) is 12.1 Å². The smallest absolute Gasteiger partial charge is 0.260 e. The standard InChI is InChI=1S/C21H25F3N4O/c1-13-9-19-25-17(11-18(21(23)24)28(19)26-13)15-6-4-8-27(12-15)20(29)10-14-5-2-3-7-16(14)22/h2-3,5,7,9,15,17-18,21,25H,4,6,8,10-12H2,1H3/t15?,17-,18+/m0/s1. The number of carbonyl (C=O) groups excluding carboxylic acids is 1. The zero-order valence-corrected chi connectivity index (χ0v) is 16.3. The number of likely N-dealkylation sites (tertiary alicyclic amines) is 1. The number of amides is 1. The Morgan fingerprint density at radius 2 is 2.14 bits per heavy atom. The molecule has 1 fully saturated rings. The van der Waals surface area contributed by atoms with Crippen LogP contribution in [0.1, 0.15) is 36.6 Å². The van der Waals surface area contributed by atoms with Gasteiger partial charge in [0.2, 0.25) is 5.91 Å². The van der Waals surface area contributed by atoms with Gasteiger partial charge in [-0.3, -0.25) is 4.79 Å². The van der Waals surface area contributed by atoms with Crippen LogP contribution in [0.3, 0.4) is 0 Å². The van der Waals surface area contributed by atoms with Crippen molar-refractivity contribution in [1.82, 2.24) is 14.7 Å². The topological polar surface area (TPSA) is 50.2 Å². The number of hydrogen-bond acceptors (Lipinski definition) is 3. The first kappa shape index (κ1) is 19.8. The number of benzene rings is 1. The predicted molar refractivity (Wildman–Crippen MR) is 103 cm³/mol. The Kier molecular flexibility index (Phi) is 5.52. The normalized spacial score (nSPS) is 24.3. The highest BCUT2D eigenvalue weighted by molar-refractivity contribution is 5.79. The molecule has 1 unspecified atom stereocenters. The molecule has 8 heteroatoms. The lowest BCUT2D eigenvalue weighted by Gasteiger charge is -2.41. The van der Waals surface area contributed by atoms with Crippen LogP contribution in [0.5, 0.6) is 0 Å². The van der Waals surface area contributed by atoms with Gasteiger partial charge >= 0.3 is 0 Å². The van der Waals surface area contributed by atoms with Gasteiger partial charge in [-0.15, -0.1) is 0 Å². The van der Waals surface area contributed by atoms with Crippen LogP contribution in [0.15, 0.2) is 30.3 Å². The fourth-order valence-electron chi connectivity index (χ4n) is 4.49. The van der Waals surface area contributed by atoms with Gasteiger partial charge in [-0.25, -0.2) is 17.9 Å². The molecule has 29 heavy (non-hydrogen) atoms. The van der Waals surface area contributed by atoms with Crippen LogP contribution in [0.4, 0.5) is 19.0 Å². The van der Waals surface area contributed by atoms with Crippen molar-refractivity contribution in [2.24, 2.45) is 5.92 Å². The van der Waals surface area contributed by atoms with E-state index in [1.807, 2.05) is 0 Å². The molecule has 156 valence electrons. The molecule has 2 aliphatic rings. The summed E-state index contributed by atoms with van der Waals surface area (Å²) in [6, 6.07) is 6.95. The molecule has 2 aromatic rings. The Morgan fingerprint density at radius 3 is 2.90 bits per heavy atom. The molecular weight excluding hydrogens is 381 g/mol. The maximum atomic E-state index is 13.9. The third-order valence-corrected chi connectivity index (χ3v) is 5.97. The van der Waals surface area contributed by atoms with E-state index < -0.39 is 12.5 Å². The fourth-order valence-corrected chi connectivity index (χ4v) is 4.49. The van der Waals surface area contributed by atoms with Crippen LogP contribution in [0.25, 0.3) is 0 Å². The summed E-state index contributed by atoms with van der Waals surface area (Å²) in [7, 11) is 0.